The second-order valence-corrected chi connectivity index (χ2v) is 10.1. The molecule has 1 saturated carbocycles. The van der Waals surface area contributed by atoms with Crippen LogP contribution in [-0.4, -0.2) is 30.1 Å². The zero-order valence-corrected chi connectivity index (χ0v) is 21.4. The lowest BCUT2D eigenvalue weighted by Gasteiger charge is -2.32. The molecule has 2 aromatic carbocycles. The first-order chi connectivity index (χ1) is 17.6. The molecule has 7 heteroatoms. The summed E-state index contributed by atoms with van der Waals surface area (Å²) in [5.41, 5.74) is 3.93. The lowest BCUT2D eigenvalue weighted by atomic mass is 9.95. The van der Waals surface area contributed by atoms with Gasteiger partial charge in [-0.2, -0.15) is 0 Å². The van der Waals surface area contributed by atoms with Crippen LogP contribution < -0.4 is 5.56 Å². The van der Waals surface area contributed by atoms with Crippen LogP contribution in [0.1, 0.15) is 86.5 Å². The molecule has 2 heterocycles. The number of tetrazole rings is 1. The molecule has 1 N–H and O–H groups in total. The number of aromatic amines is 1. The maximum atomic E-state index is 13.2. The smallest absolute Gasteiger partial charge is 0.252 e. The number of benzene rings is 2. The summed E-state index contributed by atoms with van der Waals surface area (Å²) in [5, 5.41) is 14.2. The van der Waals surface area contributed by atoms with E-state index >= 15 is 0 Å². The third kappa shape index (κ3) is 5.26. The van der Waals surface area contributed by atoms with E-state index in [0.717, 1.165) is 53.5 Å². The largest absolute Gasteiger partial charge is 0.321 e. The zero-order chi connectivity index (χ0) is 24.9. The fourth-order valence-electron chi connectivity index (χ4n) is 5.61. The highest BCUT2D eigenvalue weighted by molar-refractivity contribution is 5.81. The Bertz CT molecular complexity index is 1340. The molecule has 0 radical (unpaired) electrons. The molecule has 0 saturated heterocycles. The molecule has 1 aliphatic carbocycles. The number of hydrogen-bond acceptors (Lipinski definition) is 5. The van der Waals surface area contributed by atoms with Crippen LogP contribution in [0.25, 0.3) is 10.9 Å². The van der Waals surface area contributed by atoms with Crippen LogP contribution >= 0.6 is 0 Å². The van der Waals surface area contributed by atoms with Gasteiger partial charge in [0, 0.05) is 18.7 Å². The van der Waals surface area contributed by atoms with Gasteiger partial charge in [-0.25, -0.2) is 4.68 Å². The first-order valence-electron chi connectivity index (χ1n) is 13.3. The normalized spacial score (nSPS) is 15.5. The Morgan fingerprint density at radius 3 is 2.64 bits per heavy atom. The highest BCUT2D eigenvalue weighted by Gasteiger charge is 2.29. The molecular formula is C29H36N6O. The minimum Gasteiger partial charge on any atom is -0.321 e. The van der Waals surface area contributed by atoms with E-state index in [0.29, 0.717) is 19.1 Å². The summed E-state index contributed by atoms with van der Waals surface area (Å²) in [7, 11) is 0. The van der Waals surface area contributed by atoms with Gasteiger partial charge in [-0.3, -0.25) is 9.69 Å². The van der Waals surface area contributed by atoms with E-state index in [9.17, 15) is 4.79 Å². The molecule has 36 heavy (non-hydrogen) atoms. The Hall–Kier alpha value is -3.32. The van der Waals surface area contributed by atoms with Gasteiger partial charge in [0.05, 0.1) is 17.6 Å². The van der Waals surface area contributed by atoms with E-state index < -0.39 is 0 Å². The molecule has 2 aromatic heterocycles. The number of pyridine rings is 1. The van der Waals surface area contributed by atoms with Crippen molar-refractivity contribution in [1.29, 1.82) is 0 Å². The molecule has 0 aliphatic heterocycles. The predicted octanol–water partition coefficient (Wildman–Crippen LogP) is 5.87. The van der Waals surface area contributed by atoms with E-state index in [1.165, 1.54) is 24.8 Å². The van der Waals surface area contributed by atoms with E-state index in [4.69, 9.17) is 0 Å². The Morgan fingerprint density at radius 2 is 1.86 bits per heavy atom. The van der Waals surface area contributed by atoms with Crippen molar-refractivity contribution >= 4 is 10.9 Å². The maximum absolute atomic E-state index is 13.2. The summed E-state index contributed by atoms with van der Waals surface area (Å²) in [6.45, 7) is 5.47. The fourth-order valence-corrected chi connectivity index (χ4v) is 5.61. The Labute approximate surface area is 212 Å². The van der Waals surface area contributed by atoms with Crippen molar-refractivity contribution in [3.8, 4) is 0 Å². The van der Waals surface area contributed by atoms with Gasteiger partial charge in [0.25, 0.3) is 5.56 Å². The van der Waals surface area contributed by atoms with Crippen LogP contribution in [0.3, 0.4) is 0 Å². The summed E-state index contributed by atoms with van der Waals surface area (Å²) in [4.78, 5) is 18.7. The Morgan fingerprint density at radius 1 is 1.06 bits per heavy atom. The summed E-state index contributed by atoms with van der Waals surface area (Å²) < 4.78 is 2.09. The van der Waals surface area contributed by atoms with Crippen LogP contribution in [0.15, 0.2) is 59.4 Å². The van der Waals surface area contributed by atoms with Gasteiger partial charge in [-0.05, 0) is 59.2 Å². The van der Waals surface area contributed by atoms with Crippen molar-refractivity contribution in [2.75, 3.05) is 0 Å². The highest BCUT2D eigenvalue weighted by atomic mass is 16.1. The number of rotatable bonds is 9. The number of fused-ring (bicyclic) bond motifs is 1. The van der Waals surface area contributed by atoms with Crippen molar-refractivity contribution in [2.24, 2.45) is 0 Å². The molecule has 0 bridgehead atoms. The molecule has 0 amide bonds. The summed E-state index contributed by atoms with van der Waals surface area (Å²) >= 11 is 0. The fraction of sp³-hybridized carbons (Fsp3) is 0.448. The molecule has 0 spiro atoms. The van der Waals surface area contributed by atoms with Gasteiger partial charge in [-0.1, -0.05) is 81.1 Å². The van der Waals surface area contributed by atoms with Crippen LogP contribution in [0.5, 0.6) is 0 Å². The first kappa shape index (κ1) is 24.4. The van der Waals surface area contributed by atoms with Crippen molar-refractivity contribution in [1.82, 2.24) is 30.1 Å². The van der Waals surface area contributed by atoms with Gasteiger partial charge in [-0.15, -0.1) is 5.10 Å². The quantitative estimate of drug-likeness (QED) is 0.321. The number of para-hydroxylation sites is 1. The van der Waals surface area contributed by atoms with Gasteiger partial charge in [0.2, 0.25) is 0 Å². The molecule has 4 aromatic rings. The predicted molar refractivity (Wildman–Crippen MR) is 143 cm³/mol. The van der Waals surface area contributed by atoms with E-state index in [1.54, 1.807) is 0 Å². The van der Waals surface area contributed by atoms with Gasteiger partial charge in [0.1, 0.15) is 0 Å². The molecule has 1 fully saturated rings. The lowest BCUT2D eigenvalue weighted by Crippen LogP contribution is -2.33. The number of H-pyrrole nitrogens is 1. The summed E-state index contributed by atoms with van der Waals surface area (Å²) in [6.07, 6.45) is 7.91. The number of hydrogen-bond donors (Lipinski definition) is 1. The van der Waals surface area contributed by atoms with Crippen LogP contribution in [0.2, 0.25) is 0 Å². The van der Waals surface area contributed by atoms with Crippen molar-refractivity contribution in [3.05, 3.63) is 87.5 Å². The number of nitrogens with zero attached hydrogens (tertiary/aromatic N) is 5. The average molecular weight is 485 g/mol. The molecule has 188 valence electrons. The van der Waals surface area contributed by atoms with E-state index in [2.05, 4.69) is 67.3 Å². The molecule has 1 atom stereocenters. The molecule has 7 nitrogen and oxygen atoms in total. The number of aryl methyl sites for hydroxylation is 1. The first-order valence-corrected chi connectivity index (χ1v) is 13.3. The van der Waals surface area contributed by atoms with Gasteiger partial charge >= 0.3 is 0 Å². The van der Waals surface area contributed by atoms with Crippen molar-refractivity contribution in [2.45, 2.75) is 84.0 Å². The minimum atomic E-state index is -0.0306. The maximum Gasteiger partial charge on any atom is 0.252 e. The third-order valence-electron chi connectivity index (χ3n) is 7.51. The monoisotopic (exact) mass is 484 g/mol. The van der Waals surface area contributed by atoms with Gasteiger partial charge in [0.15, 0.2) is 5.82 Å². The Balaban J connectivity index is 1.54. The lowest BCUT2D eigenvalue weighted by molar-refractivity contribution is 0.150. The SMILES string of the molecule is CCCC(c1nnnn1C1CCCCC1)N(Cc1ccccc1)Cc1cc2cccc(C)c2[nH]c1=O. The van der Waals surface area contributed by atoms with Crippen LogP contribution in [0, 0.1) is 6.92 Å². The van der Waals surface area contributed by atoms with Gasteiger partial charge < -0.3 is 4.98 Å². The summed E-state index contributed by atoms with van der Waals surface area (Å²) in [6, 6.07) is 19.0. The van der Waals surface area contributed by atoms with E-state index in [-0.39, 0.29) is 11.6 Å². The molecule has 5 rings (SSSR count). The van der Waals surface area contributed by atoms with Crippen molar-refractivity contribution < 1.29 is 0 Å². The number of nitrogens with one attached hydrogen (secondary N) is 1. The highest BCUT2D eigenvalue weighted by Crippen LogP contribution is 2.33. The second-order valence-electron chi connectivity index (χ2n) is 10.1. The second kappa shape index (κ2) is 11.2. The van der Waals surface area contributed by atoms with Crippen LogP contribution in [-0.2, 0) is 13.1 Å². The third-order valence-corrected chi connectivity index (χ3v) is 7.51. The Kier molecular flexibility index (Phi) is 7.56. The zero-order valence-electron chi connectivity index (χ0n) is 21.4. The molecular weight excluding hydrogens is 448 g/mol. The minimum absolute atomic E-state index is 0.0136. The topological polar surface area (TPSA) is 79.7 Å². The standard InChI is InChI=1S/C29H36N6O/c1-3-11-26(28-31-32-33-35(28)25-16-8-5-9-17-25)34(19-22-13-6-4-7-14-22)20-24-18-23-15-10-12-21(2)27(23)30-29(24)36/h4,6-7,10,12-15,18,25-26H,3,5,8-9,11,16-17,19-20H2,1-2H3,(H,30,36). The summed E-state index contributed by atoms with van der Waals surface area (Å²) in [5.74, 6) is 0.924. The van der Waals surface area contributed by atoms with Crippen LogP contribution in [0.4, 0.5) is 0 Å². The molecule has 1 unspecified atom stereocenters. The molecule has 1 aliphatic rings. The average Bonchev–Trinajstić information content (AvgIpc) is 3.39. The number of aromatic nitrogens is 5. The van der Waals surface area contributed by atoms with E-state index in [1.807, 2.05) is 31.2 Å². The van der Waals surface area contributed by atoms with Crippen molar-refractivity contribution in [3.63, 3.8) is 0 Å².